The Morgan fingerprint density at radius 1 is 1.30 bits per heavy atom. The molecule has 1 aromatic carbocycles. The van der Waals surface area contributed by atoms with E-state index < -0.39 is 5.97 Å². The maximum Gasteiger partial charge on any atom is 0.319 e. The van der Waals surface area contributed by atoms with Crippen molar-refractivity contribution in [3.8, 4) is 0 Å². The highest BCUT2D eigenvalue weighted by Crippen LogP contribution is 2.12. The van der Waals surface area contributed by atoms with Gasteiger partial charge < -0.3 is 10.1 Å². The molecular weight excluding hydrogens is 263 g/mol. The summed E-state index contributed by atoms with van der Waals surface area (Å²) in [7, 11) is 2.95. The van der Waals surface area contributed by atoms with Crippen LogP contribution in [0.25, 0.3) is 0 Å². The Morgan fingerprint density at radius 2 is 1.90 bits per heavy atom. The Hall–Kier alpha value is -1.95. The number of halogens is 1. The van der Waals surface area contributed by atoms with Crippen LogP contribution in [-0.4, -0.2) is 44.0 Å². The Morgan fingerprint density at radius 3 is 2.45 bits per heavy atom. The molecule has 0 aliphatic heterocycles. The fraction of sp³-hybridized carbons (Fsp3) is 0.429. The summed E-state index contributed by atoms with van der Waals surface area (Å²) in [6, 6.07) is 5.72. The van der Waals surface area contributed by atoms with Crippen LogP contribution in [0.2, 0.25) is 0 Å². The van der Waals surface area contributed by atoms with Crippen molar-refractivity contribution >= 4 is 11.9 Å². The largest absolute Gasteiger partial charge is 0.468 e. The number of nitrogens with zero attached hydrogens (tertiary/aromatic N) is 1. The highest BCUT2D eigenvalue weighted by atomic mass is 19.1. The molecule has 1 aromatic rings. The first-order chi connectivity index (χ1) is 9.42. The van der Waals surface area contributed by atoms with Crippen LogP contribution in [0, 0.1) is 5.82 Å². The zero-order valence-electron chi connectivity index (χ0n) is 11.9. The van der Waals surface area contributed by atoms with E-state index in [9.17, 15) is 14.0 Å². The molecule has 6 heteroatoms. The molecule has 20 heavy (non-hydrogen) atoms. The SMILES string of the molecule is COC(=O)CN(C)CC(=O)NC(C)c1ccc(F)cc1. The molecule has 0 aliphatic carbocycles. The second-order valence-electron chi connectivity index (χ2n) is 4.59. The normalized spacial score (nSPS) is 12.1. The van der Waals surface area contributed by atoms with Crippen molar-refractivity contribution in [3.05, 3.63) is 35.6 Å². The van der Waals surface area contributed by atoms with Crippen LogP contribution in [0.5, 0.6) is 0 Å². The third kappa shape index (κ3) is 5.36. The molecule has 0 aromatic heterocycles. The number of hydrogen-bond acceptors (Lipinski definition) is 4. The van der Waals surface area contributed by atoms with E-state index in [0.717, 1.165) is 5.56 Å². The molecular formula is C14H19FN2O3. The van der Waals surface area contributed by atoms with Crippen molar-refractivity contribution in [2.75, 3.05) is 27.2 Å². The van der Waals surface area contributed by atoms with Gasteiger partial charge in [-0.05, 0) is 31.7 Å². The van der Waals surface area contributed by atoms with Crippen molar-refractivity contribution in [2.24, 2.45) is 0 Å². The number of rotatable bonds is 6. The van der Waals surface area contributed by atoms with E-state index in [0.29, 0.717) is 0 Å². The molecule has 1 atom stereocenters. The lowest BCUT2D eigenvalue weighted by atomic mass is 10.1. The van der Waals surface area contributed by atoms with E-state index in [1.54, 1.807) is 24.1 Å². The number of amides is 1. The number of likely N-dealkylation sites (N-methyl/N-ethyl adjacent to an activating group) is 1. The fourth-order valence-electron chi connectivity index (χ4n) is 1.71. The number of ether oxygens (including phenoxy) is 1. The van der Waals surface area contributed by atoms with Crippen LogP contribution in [0.4, 0.5) is 4.39 Å². The third-order valence-electron chi connectivity index (χ3n) is 2.79. The summed E-state index contributed by atoms with van der Waals surface area (Å²) in [5, 5.41) is 2.78. The standard InChI is InChI=1S/C14H19FN2O3/c1-10(11-4-6-12(15)7-5-11)16-13(18)8-17(2)9-14(19)20-3/h4-7,10H,8-9H2,1-3H3,(H,16,18). The maximum atomic E-state index is 12.8. The maximum absolute atomic E-state index is 12.8. The molecule has 0 spiro atoms. The number of benzene rings is 1. The molecule has 0 bridgehead atoms. The van der Waals surface area contributed by atoms with Gasteiger partial charge in [0.25, 0.3) is 0 Å². The van der Waals surface area contributed by atoms with Crippen LogP contribution in [-0.2, 0) is 14.3 Å². The van der Waals surface area contributed by atoms with E-state index >= 15 is 0 Å². The average Bonchev–Trinajstić information content (AvgIpc) is 2.38. The van der Waals surface area contributed by atoms with Crippen LogP contribution >= 0.6 is 0 Å². The van der Waals surface area contributed by atoms with Crippen molar-refractivity contribution in [1.29, 1.82) is 0 Å². The van der Waals surface area contributed by atoms with Gasteiger partial charge in [0, 0.05) is 0 Å². The minimum Gasteiger partial charge on any atom is -0.468 e. The molecule has 0 saturated heterocycles. The number of carbonyl (C=O) groups is 2. The second kappa shape index (κ2) is 7.59. The van der Waals surface area contributed by atoms with Gasteiger partial charge in [0.1, 0.15) is 5.82 Å². The Bertz CT molecular complexity index is 462. The molecule has 110 valence electrons. The molecule has 0 heterocycles. The predicted octanol–water partition coefficient (Wildman–Crippen LogP) is 1.11. The monoisotopic (exact) mass is 282 g/mol. The zero-order valence-corrected chi connectivity index (χ0v) is 11.9. The van der Waals surface area contributed by atoms with Gasteiger partial charge in [0.2, 0.25) is 5.91 Å². The Balaban J connectivity index is 2.45. The topological polar surface area (TPSA) is 58.6 Å². The highest BCUT2D eigenvalue weighted by molar-refractivity contribution is 5.79. The van der Waals surface area contributed by atoms with Crippen molar-refractivity contribution < 1.29 is 18.7 Å². The molecule has 1 rings (SSSR count). The summed E-state index contributed by atoms with van der Waals surface area (Å²) in [5.41, 5.74) is 0.815. The van der Waals surface area contributed by atoms with E-state index in [1.807, 2.05) is 6.92 Å². The van der Waals surface area contributed by atoms with Gasteiger partial charge in [-0.1, -0.05) is 12.1 Å². The Labute approximate surface area is 117 Å². The molecule has 5 nitrogen and oxygen atoms in total. The lowest BCUT2D eigenvalue weighted by Gasteiger charge is -2.18. The van der Waals surface area contributed by atoms with Gasteiger partial charge in [0.15, 0.2) is 0 Å². The fourth-order valence-corrected chi connectivity index (χ4v) is 1.71. The average molecular weight is 282 g/mol. The number of nitrogens with one attached hydrogen (secondary N) is 1. The lowest BCUT2D eigenvalue weighted by Crippen LogP contribution is -2.38. The molecule has 1 N–H and O–H groups in total. The predicted molar refractivity (Wildman–Crippen MR) is 72.5 cm³/mol. The first-order valence-electron chi connectivity index (χ1n) is 6.22. The third-order valence-corrected chi connectivity index (χ3v) is 2.79. The van der Waals surface area contributed by atoms with Crippen LogP contribution in [0.15, 0.2) is 24.3 Å². The Kier molecular flexibility index (Phi) is 6.11. The summed E-state index contributed by atoms with van der Waals surface area (Å²) in [4.78, 5) is 24.4. The van der Waals surface area contributed by atoms with E-state index in [-0.39, 0.29) is 30.9 Å². The van der Waals surface area contributed by atoms with E-state index in [4.69, 9.17) is 0 Å². The minimum atomic E-state index is -0.396. The van der Waals surface area contributed by atoms with Crippen LogP contribution in [0.3, 0.4) is 0 Å². The number of methoxy groups -OCH3 is 1. The zero-order chi connectivity index (χ0) is 15.1. The number of carbonyl (C=O) groups excluding carboxylic acids is 2. The van der Waals surface area contributed by atoms with Crippen molar-refractivity contribution in [1.82, 2.24) is 10.2 Å². The van der Waals surface area contributed by atoms with Gasteiger partial charge >= 0.3 is 5.97 Å². The minimum absolute atomic E-state index is 0.0504. The van der Waals surface area contributed by atoms with Gasteiger partial charge in [-0.15, -0.1) is 0 Å². The smallest absolute Gasteiger partial charge is 0.319 e. The van der Waals surface area contributed by atoms with Gasteiger partial charge in [-0.2, -0.15) is 0 Å². The van der Waals surface area contributed by atoms with Crippen LogP contribution < -0.4 is 5.32 Å². The summed E-state index contributed by atoms with van der Waals surface area (Å²) in [6.45, 7) is 1.95. The first-order valence-corrected chi connectivity index (χ1v) is 6.22. The molecule has 0 fully saturated rings. The molecule has 1 unspecified atom stereocenters. The molecule has 0 saturated carbocycles. The molecule has 0 aliphatic rings. The molecule has 1 amide bonds. The summed E-state index contributed by atoms with van der Waals surface area (Å²) < 4.78 is 17.3. The number of hydrogen-bond donors (Lipinski definition) is 1. The van der Waals surface area contributed by atoms with E-state index in [1.165, 1.54) is 19.2 Å². The number of esters is 1. The van der Waals surface area contributed by atoms with Crippen molar-refractivity contribution in [3.63, 3.8) is 0 Å². The summed E-state index contributed by atoms with van der Waals surface area (Å²) in [5.74, 6) is -0.926. The summed E-state index contributed by atoms with van der Waals surface area (Å²) in [6.07, 6.45) is 0. The van der Waals surface area contributed by atoms with Gasteiger partial charge in [-0.25, -0.2) is 4.39 Å². The van der Waals surface area contributed by atoms with Crippen LogP contribution in [0.1, 0.15) is 18.5 Å². The van der Waals surface area contributed by atoms with Gasteiger partial charge in [0.05, 0.1) is 26.2 Å². The second-order valence-corrected chi connectivity index (χ2v) is 4.59. The lowest BCUT2D eigenvalue weighted by molar-refractivity contribution is -0.141. The van der Waals surface area contributed by atoms with Gasteiger partial charge in [-0.3, -0.25) is 14.5 Å². The quantitative estimate of drug-likeness (QED) is 0.794. The van der Waals surface area contributed by atoms with E-state index in [2.05, 4.69) is 10.1 Å². The highest BCUT2D eigenvalue weighted by Gasteiger charge is 2.13. The van der Waals surface area contributed by atoms with Crippen molar-refractivity contribution in [2.45, 2.75) is 13.0 Å². The molecule has 0 radical (unpaired) electrons. The first kappa shape index (κ1) is 16.1. The summed E-state index contributed by atoms with van der Waals surface area (Å²) >= 11 is 0.